The molecule has 5 nitrogen and oxygen atoms in total. The van der Waals surface area contributed by atoms with Crippen molar-refractivity contribution in [2.75, 3.05) is 17.3 Å². The molecule has 4 aromatic carbocycles. The third-order valence-electron chi connectivity index (χ3n) is 5.91. The van der Waals surface area contributed by atoms with Gasteiger partial charge in [0.2, 0.25) is 5.91 Å². The molecule has 4 rings (SSSR count). The average Bonchev–Trinajstić information content (AvgIpc) is 2.88. The van der Waals surface area contributed by atoms with Crippen molar-refractivity contribution < 1.29 is 14.3 Å². The van der Waals surface area contributed by atoms with Crippen LogP contribution in [0.25, 0.3) is 0 Å². The number of carbonyl (C=O) groups is 2. The van der Waals surface area contributed by atoms with E-state index in [0.29, 0.717) is 17.9 Å². The number of carbonyl (C=O) groups excluding carboxylic acids is 2. The highest BCUT2D eigenvalue weighted by Crippen LogP contribution is 2.24. The van der Waals surface area contributed by atoms with Crippen LogP contribution in [0.5, 0.6) is 5.75 Å². The predicted octanol–water partition coefficient (Wildman–Crippen LogP) is 6.34. The quantitative estimate of drug-likeness (QED) is 0.321. The van der Waals surface area contributed by atoms with E-state index >= 15 is 0 Å². The minimum atomic E-state index is -0.143. The van der Waals surface area contributed by atoms with E-state index in [1.165, 1.54) is 0 Å². The van der Waals surface area contributed by atoms with Crippen LogP contribution in [0.15, 0.2) is 97.1 Å². The smallest absolute Gasteiger partial charge is 0.258 e. The van der Waals surface area contributed by atoms with Crippen LogP contribution < -0.4 is 15.0 Å². The summed E-state index contributed by atoms with van der Waals surface area (Å²) in [6.45, 7) is 4.42. The Morgan fingerprint density at radius 1 is 0.778 bits per heavy atom. The molecule has 2 amide bonds. The third kappa shape index (κ3) is 6.39. The second-order valence-electron chi connectivity index (χ2n) is 8.87. The van der Waals surface area contributed by atoms with E-state index < -0.39 is 0 Å². The monoisotopic (exact) mass is 478 g/mol. The molecule has 0 heterocycles. The van der Waals surface area contributed by atoms with Gasteiger partial charge in [-0.3, -0.25) is 9.59 Å². The standard InChI is InChI=1S/C31H30N2O3/c1-22-13-15-24(16-14-22)21-33(31(35)26-9-6-12-29(20-26)36-3)28-11-5-8-25(18-28)19-30(34)32-27-10-4-7-23(2)17-27/h4-18,20H,19,21H2,1-3H3,(H,32,34). The van der Waals surface area contributed by atoms with Crippen molar-refractivity contribution in [1.82, 2.24) is 0 Å². The molecule has 0 aliphatic heterocycles. The molecule has 0 aliphatic carbocycles. The topological polar surface area (TPSA) is 58.6 Å². The van der Waals surface area contributed by atoms with Crippen molar-refractivity contribution in [2.24, 2.45) is 0 Å². The van der Waals surface area contributed by atoms with Crippen molar-refractivity contribution in [3.8, 4) is 5.75 Å². The lowest BCUT2D eigenvalue weighted by Gasteiger charge is -2.24. The van der Waals surface area contributed by atoms with Gasteiger partial charge < -0.3 is 15.0 Å². The molecule has 0 spiro atoms. The number of nitrogens with one attached hydrogen (secondary N) is 1. The summed E-state index contributed by atoms with van der Waals surface area (Å²) >= 11 is 0. The number of anilines is 2. The number of ether oxygens (including phenoxy) is 1. The van der Waals surface area contributed by atoms with Gasteiger partial charge >= 0.3 is 0 Å². The van der Waals surface area contributed by atoms with Gasteiger partial charge in [-0.1, -0.05) is 60.2 Å². The van der Waals surface area contributed by atoms with Gasteiger partial charge in [-0.05, 0) is 73.0 Å². The first-order valence-corrected chi connectivity index (χ1v) is 11.9. The number of methoxy groups -OCH3 is 1. The fourth-order valence-electron chi connectivity index (χ4n) is 4.02. The molecule has 0 saturated heterocycles. The molecule has 0 atom stereocenters. The average molecular weight is 479 g/mol. The van der Waals surface area contributed by atoms with Crippen molar-refractivity contribution in [2.45, 2.75) is 26.8 Å². The summed E-state index contributed by atoms with van der Waals surface area (Å²) in [6.07, 6.45) is 0.202. The lowest BCUT2D eigenvalue weighted by Crippen LogP contribution is -2.30. The summed E-state index contributed by atoms with van der Waals surface area (Å²) in [7, 11) is 1.58. The maximum atomic E-state index is 13.7. The Hall–Kier alpha value is -4.38. The van der Waals surface area contributed by atoms with Crippen molar-refractivity contribution in [3.63, 3.8) is 0 Å². The van der Waals surface area contributed by atoms with Crippen LogP contribution in [0.1, 0.15) is 32.6 Å². The second-order valence-corrected chi connectivity index (χ2v) is 8.87. The number of amides is 2. The van der Waals surface area contributed by atoms with Crippen molar-refractivity contribution >= 4 is 23.2 Å². The Morgan fingerprint density at radius 2 is 1.53 bits per heavy atom. The number of rotatable bonds is 8. The van der Waals surface area contributed by atoms with Gasteiger partial charge in [0.15, 0.2) is 0 Å². The van der Waals surface area contributed by atoms with Crippen LogP contribution in [-0.4, -0.2) is 18.9 Å². The molecule has 4 aromatic rings. The number of hydrogen-bond acceptors (Lipinski definition) is 3. The Bertz CT molecular complexity index is 1360. The van der Waals surface area contributed by atoms with Crippen molar-refractivity contribution in [1.29, 1.82) is 0 Å². The second kappa shape index (κ2) is 11.4. The van der Waals surface area contributed by atoms with E-state index in [4.69, 9.17) is 4.74 Å². The van der Waals surface area contributed by atoms with E-state index in [1.807, 2.05) is 98.8 Å². The number of nitrogens with zero attached hydrogens (tertiary/aromatic N) is 1. The maximum absolute atomic E-state index is 13.7. The zero-order chi connectivity index (χ0) is 25.5. The van der Waals surface area contributed by atoms with E-state index in [1.54, 1.807) is 24.1 Å². The Balaban J connectivity index is 1.60. The molecule has 0 unspecified atom stereocenters. The van der Waals surface area contributed by atoms with Crippen LogP contribution in [0, 0.1) is 13.8 Å². The van der Waals surface area contributed by atoms with E-state index in [2.05, 4.69) is 5.32 Å². The van der Waals surface area contributed by atoms with Crippen LogP contribution in [0.2, 0.25) is 0 Å². The number of aryl methyl sites for hydroxylation is 2. The van der Waals surface area contributed by atoms with Gasteiger partial charge in [0.05, 0.1) is 20.1 Å². The lowest BCUT2D eigenvalue weighted by atomic mass is 10.1. The molecule has 0 radical (unpaired) electrons. The first kappa shape index (κ1) is 24.7. The number of hydrogen-bond donors (Lipinski definition) is 1. The summed E-state index contributed by atoms with van der Waals surface area (Å²) in [4.78, 5) is 28.1. The third-order valence-corrected chi connectivity index (χ3v) is 5.91. The van der Waals surface area contributed by atoms with Crippen LogP contribution in [0.4, 0.5) is 11.4 Å². The first-order chi connectivity index (χ1) is 17.4. The Morgan fingerprint density at radius 3 is 2.28 bits per heavy atom. The summed E-state index contributed by atoms with van der Waals surface area (Å²) in [5.74, 6) is 0.371. The number of benzene rings is 4. The highest BCUT2D eigenvalue weighted by Gasteiger charge is 2.20. The summed E-state index contributed by atoms with van der Waals surface area (Å²) in [5.41, 5.74) is 6.10. The van der Waals surface area contributed by atoms with Gasteiger partial charge in [-0.25, -0.2) is 0 Å². The first-order valence-electron chi connectivity index (χ1n) is 11.9. The molecule has 0 aromatic heterocycles. The molecule has 36 heavy (non-hydrogen) atoms. The van der Waals surface area contributed by atoms with Gasteiger partial charge in [0.1, 0.15) is 5.75 Å². The minimum Gasteiger partial charge on any atom is -0.497 e. The molecule has 0 bridgehead atoms. The van der Waals surface area contributed by atoms with Gasteiger partial charge in [0.25, 0.3) is 5.91 Å². The fourth-order valence-corrected chi connectivity index (χ4v) is 4.02. The Kier molecular flexibility index (Phi) is 7.81. The Labute approximate surface area is 212 Å². The van der Waals surface area contributed by atoms with E-state index in [9.17, 15) is 9.59 Å². The highest BCUT2D eigenvalue weighted by atomic mass is 16.5. The zero-order valence-corrected chi connectivity index (χ0v) is 20.8. The summed E-state index contributed by atoms with van der Waals surface area (Å²) < 4.78 is 5.33. The molecule has 182 valence electrons. The fraction of sp³-hybridized carbons (Fsp3) is 0.161. The van der Waals surface area contributed by atoms with Gasteiger partial charge in [-0.2, -0.15) is 0 Å². The highest BCUT2D eigenvalue weighted by molar-refractivity contribution is 6.06. The molecular formula is C31H30N2O3. The SMILES string of the molecule is COc1cccc(C(=O)N(Cc2ccc(C)cc2)c2cccc(CC(=O)Nc3cccc(C)c3)c2)c1. The normalized spacial score (nSPS) is 10.5. The van der Waals surface area contributed by atoms with Crippen LogP contribution in [0.3, 0.4) is 0 Å². The predicted molar refractivity (Wildman–Crippen MR) is 145 cm³/mol. The van der Waals surface area contributed by atoms with E-state index in [-0.39, 0.29) is 18.2 Å². The molecule has 0 aliphatic rings. The molecular weight excluding hydrogens is 448 g/mol. The van der Waals surface area contributed by atoms with Gasteiger partial charge in [-0.15, -0.1) is 0 Å². The summed E-state index contributed by atoms with van der Waals surface area (Å²) in [6, 6.07) is 30.6. The van der Waals surface area contributed by atoms with Gasteiger partial charge in [0, 0.05) is 16.9 Å². The van der Waals surface area contributed by atoms with Crippen LogP contribution >= 0.6 is 0 Å². The molecule has 0 fully saturated rings. The van der Waals surface area contributed by atoms with E-state index in [0.717, 1.165) is 33.6 Å². The summed E-state index contributed by atoms with van der Waals surface area (Å²) in [5, 5.41) is 2.95. The lowest BCUT2D eigenvalue weighted by molar-refractivity contribution is -0.115. The van der Waals surface area contributed by atoms with Crippen LogP contribution in [-0.2, 0) is 17.8 Å². The molecule has 1 N–H and O–H groups in total. The largest absolute Gasteiger partial charge is 0.497 e. The van der Waals surface area contributed by atoms with Crippen molar-refractivity contribution in [3.05, 3.63) is 125 Å². The zero-order valence-electron chi connectivity index (χ0n) is 20.8. The molecule has 5 heteroatoms. The maximum Gasteiger partial charge on any atom is 0.258 e. The minimum absolute atomic E-state index is 0.109. The molecule has 0 saturated carbocycles.